The Morgan fingerprint density at radius 3 is 2.39 bits per heavy atom. The molecule has 3 rings (SSSR count). The zero-order valence-electron chi connectivity index (χ0n) is 13.2. The molecule has 3 aromatic rings. The molecule has 3 nitrogen and oxygen atoms in total. The van der Waals surface area contributed by atoms with Crippen LogP contribution in [0.2, 0.25) is 0 Å². The number of hydrogen-bond donors (Lipinski definition) is 1. The number of aromatic nitrogens is 1. The normalized spacial score (nSPS) is 10.5. The first kappa shape index (κ1) is 15.4. The van der Waals surface area contributed by atoms with E-state index in [1.54, 1.807) is 11.3 Å². The van der Waals surface area contributed by atoms with Crippen molar-refractivity contribution in [3.05, 3.63) is 70.0 Å². The number of anilines is 1. The van der Waals surface area contributed by atoms with Crippen LogP contribution in [0.1, 0.15) is 27.9 Å². The van der Waals surface area contributed by atoms with Gasteiger partial charge in [-0.25, -0.2) is 4.98 Å². The maximum Gasteiger partial charge on any atom is 0.255 e. The van der Waals surface area contributed by atoms with Gasteiger partial charge in [-0.05, 0) is 37.6 Å². The molecule has 0 aliphatic heterocycles. The van der Waals surface area contributed by atoms with Gasteiger partial charge in [0.2, 0.25) is 0 Å². The molecule has 0 saturated heterocycles. The molecule has 0 fully saturated rings. The number of rotatable bonds is 4. The molecule has 0 aliphatic rings. The molecule has 23 heavy (non-hydrogen) atoms. The Labute approximate surface area is 140 Å². The lowest BCUT2D eigenvalue weighted by Crippen LogP contribution is -2.11. The third kappa shape index (κ3) is 3.66. The van der Waals surface area contributed by atoms with Gasteiger partial charge in [-0.3, -0.25) is 4.79 Å². The van der Waals surface area contributed by atoms with Crippen molar-refractivity contribution in [1.82, 2.24) is 4.98 Å². The lowest BCUT2D eigenvalue weighted by Gasteiger charge is -2.06. The van der Waals surface area contributed by atoms with Crippen molar-refractivity contribution in [3.8, 4) is 11.3 Å². The molecule has 0 spiro atoms. The molecule has 0 aliphatic carbocycles. The summed E-state index contributed by atoms with van der Waals surface area (Å²) < 4.78 is 0. The average molecular weight is 322 g/mol. The van der Waals surface area contributed by atoms with Crippen LogP contribution in [0, 0.1) is 6.92 Å². The van der Waals surface area contributed by atoms with E-state index in [1.807, 2.05) is 55.5 Å². The predicted molar refractivity (Wildman–Crippen MR) is 96.1 cm³/mol. The molecular weight excluding hydrogens is 304 g/mol. The van der Waals surface area contributed by atoms with Gasteiger partial charge in [-0.15, -0.1) is 11.3 Å². The van der Waals surface area contributed by atoms with Crippen LogP contribution in [-0.4, -0.2) is 10.9 Å². The van der Waals surface area contributed by atoms with E-state index in [2.05, 4.69) is 22.6 Å². The molecule has 1 amide bonds. The van der Waals surface area contributed by atoms with Crippen LogP contribution in [0.4, 0.5) is 5.69 Å². The van der Waals surface area contributed by atoms with Crippen LogP contribution in [0.5, 0.6) is 0 Å². The number of nitrogens with one attached hydrogen (secondary N) is 1. The van der Waals surface area contributed by atoms with Crippen LogP contribution in [0.25, 0.3) is 11.3 Å². The standard InChI is InChI=1S/C19H18N2OS/c1-3-18-21-17(12-23-18)14-6-8-15(9-7-14)19(22)20-16-10-4-13(2)5-11-16/h4-12H,3H2,1-2H3,(H,20,22). The smallest absolute Gasteiger partial charge is 0.255 e. The van der Waals surface area contributed by atoms with E-state index in [9.17, 15) is 4.79 Å². The van der Waals surface area contributed by atoms with E-state index in [1.165, 1.54) is 5.56 Å². The number of hydrogen-bond acceptors (Lipinski definition) is 3. The highest BCUT2D eigenvalue weighted by Crippen LogP contribution is 2.23. The Hall–Kier alpha value is -2.46. The molecular formula is C19H18N2OS. The Morgan fingerprint density at radius 2 is 1.78 bits per heavy atom. The first-order valence-corrected chi connectivity index (χ1v) is 8.46. The molecule has 0 radical (unpaired) electrons. The van der Waals surface area contributed by atoms with Gasteiger partial charge < -0.3 is 5.32 Å². The summed E-state index contributed by atoms with van der Waals surface area (Å²) >= 11 is 1.67. The van der Waals surface area contributed by atoms with Gasteiger partial charge in [0.15, 0.2) is 0 Å². The fourth-order valence-corrected chi connectivity index (χ4v) is 2.99. The highest BCUT2D eigenvalue weighted by atomic mass is 32.1. The number of amides is 1. The van der Waals surface area contributed by atoms with Crippen molar-refractivity contribution in [2.75, 3.05) is 5.32 Å². The van der Waals surface area contributed by atoms with Crippen molar-refractivity contribution in [1.29, 1.82) is 0 Å². The SMILES string of the molecule is CCc1nc(-c2ccc(C(=O)Nc3ccc(C)cc3)cc2)cs1. The monoisotopic (exact) mass is 322 g/mol. The summed E-state index contributed by atoms with van der Waals surface area (Å²) in [6.45, 7) is 4.12. The molecule has 0 saturated carbocycles. The largest absolute Gasteiger partial charge is 0.322 e. The molecule has 0 atom stereocenters. The first-order valence-electron chi connectivity index (χ1n) is 7.58. The summed E-state index contributed by atoms with van der Waals surface area (Å²) in [5, 5.41) is 6.09. The van der Waals surface area contributed by atoms with Crippen LogP contribution in [0.3, 0.4) is 0 Å². The van der Waals surface area contributed by atoms with Crippen molar-refractivity contribution in [3.63, 3.8) is 0 Å². The summed E-state index contributed by atoms with van der Waals surface area (Å²) in [4.78, 5) is 16.8. The number of thiazole rings is 1. The number of nitrogens with zero attached hydrogens (tertiary/aromatic N) is 1. The second-order valence-electron chi connectivity index (χ2n) is 5.38. The van der Waals surface area contributed by atoms with Gasteiger partial charge in [0.05, 0.1) is 10.7 Å². The number of carbonyl (C=O) groups is 1. The maximum atomic E-state index is 12.3. The van der Waals surface area contributed by atoms with Gasteiger partial charge in [0.1, 0.15) is 0 Å². The molecule has 116 valence electrons. The van der Waals surface area contributed by atoms with Gasteiger partial charge >= 0.3 is 0 Å². The fourth-order valence-electron chi connectivity index (χ4n) is 2.24. The molecule has 4 heteroatoms. The van der Waals surface area contributed by atoms with Crippen molar-refractivity contribution < 1.29 is 4.79 Å². The van der Waals surface area contributed by atoms with Crippen LogP contribution < -0.4 is 5.32 Å². The van der Waals surface area contributed by atoms with E-state index < -0.39 is 0 Å². The van der Waals surface area contributed by atoms with E-state index >= 15 is 0 Å². The lowest BCUT2D eigenvalue weighted by atomic mass is 10.1. The quantitative estimate of drug-likeness (QED) is 0.739. The predicted octanol–water partition coefficient (Wildman–Crippen LogP) is 4.93. The van der Waals surface area contributed by atoms with Crippen molar-refractivity contribution in [2.45, 2.75) is 20.3 Å². The molecule has 0 unspecified atom stereocenters. The zero-order chi connectivity index (χ0) is 16.2. The fraction of sp³-hybridized carbons (Fsp3) is 0.158. The van der Waals surface area contributed by atoms with E-state index in [4.69, 9.17) is 0 Å². The zero-order valence-corrected chi connectivity index (χ0v) is 14.0. The molecule has 2 aromatic carbocycles. The second-order valence-corrected chi connectivity index (χ2v) is 6.32. The molecule has 1 aromatic heterocycles. The van der Waals surface area contributed by atoms with E-state index in [0.29, 0.717) is 5.56 Å². The summed E-state index contributed by atoms with van der Waals surface area (Å²) in [6, 6.07) is 15.3. The number of benzene rings is 2. The van der Waals surface area contributed by atoms with Crippen molar-refractivity contribution in [2.24, 2.45) is 0 Å². The third-order valence-electron chi connectivity index (χ3n) is 3.61. The topological polar surface area (TPSA) is 42.0 Å². The third-order valence-corrected chi connectivity index (χ3v) is 4.60. The average Bonchev–Trinajstić information content (AvgIpc) is 3.06. The minimum Gasteiger partial charge on any atom is -0.322 e. The summed E-state index contributed by atoms with van der Waals surface area (Å²) in [5.74, 6) is -0.104. The number of carbonyl (C=O) groups excluding carboxylic acids is 1. The van der Waals surface area contributed by atoms with Crippen LogP contribution >= 0.6 is 11.3 Å². The van der Waals surface area contributed by atoms with Crippen LogP contribution in [-0.2, 0) is 6.42 Å². The maximum absolute atomic E-state index is 12.3. The molecule has 1 heterocycles. The Kier molecular flexibility index (Phi) is 4.53. The van der Waals surface area contributed by atoms with E-state index in [-0.39, 0.29) is 5.91 Å². The summed E-state index contributed by atoms with van der Waals surface area (Å²) in [7, 11) is 0. The minimum absolute atomic E-state index is 0.104. The Bertz CT molecular complexity index is 804. The lowest BCUT2D eigenvalue weighted by molar-refractivity contribution is 0.102. The highest BCUT2D eigenvalue weighted by Gasteiger charge is 2.08. The second kappa shape index (κ2) is 6.75. The summed E-state index contributed by atoms with van der Waals surface area (Å²) in [6.07, 6.45) is 0.946. The Morgan fingerprint density at radius 1 is 1.09 bits per heavy atom. The van der Waals surface area contributed by atoms with Crippen molar-refractivity contribution >= 4 is 22.9 Å². The summed E-state index contributed by atoms with van der Waals surface area (Å²) in [5.41, 5.74) is 4.62. The minimum atomic E-state index is -0.104. The van der Waals surface area contributed by atoms with Gasteiger partial charge in [0.25, 0.3) is 5.91 Å². The van der Waals surface area contributed by atoms with Gasteiger partial charge in [-0.2, -0.15) is 0 Å². The van der Waals surface area contributed by atoms with Crippen LogP contribution in [0.15, 0.2) is 53.9 Å². The molecule has 1 N–H and O–H groups in total. The first-order chi connectivity index (χ1) is 11.2. The number of aryl methyl sites for hydroxylation is 2. The molecule has 0 bridgehead atoms. The Balaban J connectivity index is 1.73. The highest BCUT2D eigenvalue weighted by molar-refractivity contribution is 7.09. The van der Waals surface area contributed by atoms with E-state index in [0.717, 1.165) is 28.4 Å². The van der Waals surface area contributed by atoms with Gasteiger partial charge in [0, 0.05) is 22.2 Å². The van der Waals surface area contributed by atoms with Gasteiger partial charge in [-0.1, -0.05) is 36.8 Å².